The summed E-state index contributed by atoms with van der Waals surface area (Å²) in [5.74, 6) is 0.630. The molecule has 16 heteroatoms. The van der Waals surface area contributed by atoms with Gasteiger partial charge < -0.3 is 39.4 Å². The van der Waals surface area contributed by atoms with Crippen LogP contribution >= 0.6 is 0 Å². The number of nitrogens with zero attached hydrogens (tertiary/aromatic N) is 8. The van der Waals surface area contributed by atoms with Crippen molar-refractivity contribution in [1.29, 1.82) is 0 Å². The second kappa shape index (κ2) is 14.7. The van der Waals surface area contributed by atoms with Crippen LogP contribution in [0.15, 0.2) is 49.1 Å². The number of carbonyl (C=O) groups excluding carboxylic acids is 2. The van der Waals surface area contributed by atoms with Crippen molar-refractivity contribution in [2.45, 2.75) is 18.9 Å². The van der Waals surface area contributed by atoms with E-state index < -0.39 is 0 Å². The maximum atomic E-state index is 13.8. The molecule has 7 heterocycles. The van der Waals surface area contributed by atoms with Crippen molar-refractivity contribution in [3.05, 3.63) is 54.7 Å². The van der Waals surface area contributed by atoms with Gasteiger partial charge in [0.05, 0.1) is 53.7 Å². The second-order valence-corrected chi connectivity index (χ2v) is 13.3. The topological polar surface area (TPSA) is 162 Å². The van der Waals surface area contributed by atoms with Crippen LogP contribution in [0.2, 0.25) is 0 Å². The van der Waals surface area contributed by atoms with Crippen LogP contribution in [0.1, 0.15) is 23.3 Å². The molecule has 1 atom stereocenters. The number of hydrogen-bond acceptors (Lipinski definition) is 13. The molecule has 0 saturated carbocycles. The van der Waals surface area contributed by atoms with Crippen molar-refractivity contribution in [3.63, 3.8) is 0 Å². The second-order valence-electron chi connectivity index (χ2n) is 13.3. The molecule has 16 nitrogen and oxygen atoms in total. The molecule has 1 aromatic carbocycles. The number of methoxy groups -OCH3 is 1. The van der Waals surface area contributed by atoms with Crippen LogP contribution in [0, 0.1) is 5.92 Å². The Balaban J connectivity index is 0.978. The Kier molecular flexibility index (Phi) is 9.58. The van der Waals surface area contributed by atoms with Gasteiger partial charge in [-0.1, -0.05) is 0 Å². The van der Waals surface area contributed by atoms with Gasteiger partial charge in [0.15, 0.2) is 11.3 Å². The number of hydrogen-bond donors (Lipinski definition) is 2. The number of rotatable bonds is 10. The molecule has 0 bridgehead atoms. The molecular formula is C36H42N10O6. The Morgan fingerprint density at radius 3 is 2.83 bits per heavy atom. The van der Waals surface area contributed by atoms with Crippen LogP contribution in [0.5, 0.6) is 11.5 Å². The van der Waals surface area contributed by atoms with Gasteiger partial charge in [-0.15, -0.1) is 0 Å². The van der Waals surface area contributed by atoms with E-state index in [1.165, 1.54) is 0 Å². The summed E-state index contributed by atoms with van der Waals surface area (Å²) >= 11 is 0. The predicted molar refractivity (Wildman–Crippen MR) is 191 cm³/mol. The first kappa shape index (κ1) is 33.8. The normalized spacial score (nSPS) is 18.5. The van der Waals surface area contributed by atoms with Gasteiger partial charge in [-0.05, 0) is 45.1 Å². The number of morpholine rings is 1. The van der Waals surface area contributed by atoms with Gasteiger partial charge in [-0.2, -0.15) is 10.2 Å². The molecule has 3 aliphatic heterocycles. The first-order chi connectivity index (χ1) is 25.4. The van der Waals surface area contributed by atoms with Crippen LogP contribution < -0.4 is 20.1 Å². The Morgan fingerprint density at radius 2 is 1.98 bits per heavy atom. The number of fused-ring (bicyclic) bond motifs is 3. The Morgan fingerprint density at radius 1 is 1.10 bits per heavy atom. The summed E-state index contributed by atoms with van der Waals surface area (Å²) in [4.78, 5) is 40.2. The number of benzene rings is 1. The predicted octanol–water partition coefficient (Wildman–Crippen LogP) is 2.26. The van der Waals surface area contributed by atoms with Crippen LogP contribution in [-0.4, -0.2) is 137 Å². The van der Waals surface area contributed by atoms with Gasteiger partial charge in [0.2, 0.25) is 0 Å². The van der Waals surface area contributed by atoms with Gasteiger partial charge in [-0.25, -0.2) is 14.2 Å². The highest BCUT2D eigenvalue weighted by Gasteiger charge is 2.29. The Hall–Kier alpha value is -5.32. The van der Waals surface area contributed by atoms with Crippen LogP contribution in [0.25, 0.3) is 33.5 Å². The molecule has 2 N–H and O–H groups in total. The van der Waals surface area contributed by atoms with Crippen molar-refractivity contribution in [2.24, 2.45) is 5.92 Å². The number of likely N-dealkylation sites (N-methyl/N-ethyl adjacent to an activating group) is 1. The van der Waals surface area contributed by atoms with E-state index in [4.69, 9.17) is 29.0 Å². The number of carbonyl (C=O) groups is 2. The van der Waals surface area contributed by atoms with Gasteiger partial charge >= 0.3 is 5.97 Å². The zero-order valence-electron chi connectivity index (χ0n) is 29.3. The number of ether oxygens (including phenoxy) is 4. The lowest BCUT2D eigenvalue weighted by atomic mass is 9.97. The van der Waals surface area contributed by atoms with Gasteiger partial charge in [0.25, 0.3) is 5.91 Å². The molecule has 1 unspecified atom stereocenters. The van der Waals surface area contributed by atoms with Crippen molar-refractivity contribution >= 4 is 34.1 Å². The van der Waals surface area contributed by atoms with Crippen LogP contribution in [0.4, 0.5) is 5.69 Å². The molecule has 8 rings (SSSR count). The summed E-state index contributed by atoms with van der Waals surface area (Å²) < 4.78 is 26.5. The first-order valence-corrected chi connectivity index (χ1v) is 17.7. The van der Waals surface area contributed by atoms with Crippen molar-refractivity contribution in [3.8, 4) is 28.4 Å². The molecular weight excluding hydrogens is 668 g/mol. The van der Waals surface area contributed by atoms with Crippen LogP contribution in [0.3, 0.4) is 0 Å². The summed E-state index contributed by atoms with van der Waals surface area (Å²) in [5.41, 5.74) is 4.37. The number of amides is 1. The van der Waals surface area contributed by atoms with E-state index >= 15 is 0 Å². The number of pyridine rings is 1. The number of likely N-dealkylation sites (tertiary alicyclic amines) is 1. The highest BCUT2D eigenvalue weighted by atomic mass is 16.6. The molecule has 4 aromatic heterocycles. The van der Waals surface area contributed by atoms with Gasteiger partial charge in [-0.3, -0.25) is 14.6 Å². The number of aromatic nitrogens is 6. The third-order valence-electron chi connectivity index (χ3n) is 9.91. The molecule has 52 heavy (non-hydrogen) atoms. The number of esters is 1. The molecule has 0 spiro atoms. The summed E-state index contributed by atoms with van der Waals surface area (Å²) in [6, 6.07) is 7.44. The molecule has 1 amide bonds. The van der Waals surface area contributed by atoms with Gasteiger partial charge in [0.1, 0.15) is 36.5 Å². The van der Waals surface area contributed by atoms with Crippen molar-refractivity contribution in [2.75, 3.05) is 85.1 Å². The third kappa shape index (κ3) is 6.83. The van der Waals surface area contributed by atoms with Crippen molar-refractivity contribution in [1.82, 2.24) is 44.5 Å². The summed E-state index contributed by atoms with van der Waals surface area (Å²) in [5, 5.41) is 16.3. The smallest absolute Gasteiger partial charge is 0.309 e. The maximum Gasteiger partial charge on any atom is 0.309 e. The molecule has 5 aromatic rings. The highest BCUT2D eigenvalue weighted by Crippen LogP contribution is 2.38. The number of piperidine rings is 1. The van der Waals surface area contributed by atoms with E-state index in [1.807, 2.05) is 37.5 Å². The lowest BCUT2D eigenvalue weighted by Crippen LogP contribution is -2.44. The monoisotopic (exact) mass is 710 g/mol. The molecule has 2 fully saturated rings. The molecule has 3 aliphatic rings. The average Bonchev–Trinajstić information content (AvgIpc) is 3.78. The Bertz CT molecular complexity index is 2090. The van der Waals surface area contributed by atoms with Crippen LogP contribution in [-0.2, 0) is 14.3 Å². The van der Waals surface area contributed by atoms with E-state index in [0.717, 1.165) is 37.4 Å². The fourth-order valence-electron chi connectivity index (χ4n) is 7.06. The largest absolute Gasteiger partial charge is 0.494 e. The number of nitrogens with one attached hydrogen (secondary N) is 2. The fraction of sp³-hybridized carbons (Fsp3) is 0.444. The molecule has 0 radical (unpaired) electrons. The molecule has 2 saturated heterocycles. The zero-order chi connectivity index (χ0) is 35.6. The standard InChI is InChI=1S/C36H42N10O6/c1-43-13-15-50-24(21-43)22-52-36(48)23-4-10-44(11-5-23)12-7-39-35(47)33-26-19-40-27(25-20-41-45-9-3-6-38-34(25)45)16-29(26)46(42-33)30-18-31-28(17-32(30)49-2)37-8-14-51-31/h3,6,9,16-20,23-24,37H,4-5,7-8,10-15,21-22H2,1-2H3,(H,39,47). The average molecular weight is 711 g/mol. The summed E-state index contributed by atoms with van der Waals surface area (Å²) in [7, 11) is 3.64. The van der Waals surface area contributed by atoms with Gasteiger partial charge in [0, 0.05) is 63.4 Å². The van der Waals surface area contributed by atoms with E-state index in [1.54, 1.807) is 34.9 Å². The summed E-state index contributed by atoms with van der Waals surface area (Å²) in [6.45, 7) is 6.36. The quantitative estimate of drug-likeness (QED) is 0.203. The molecule has 272 valence electrons. The fourth-order valence-corrected chi connectivity index (χ4v) is 7.06. The maximum absolute atomic E-state index is 13.8. The SMILES string of the molecule is COc1cc2c(cc1-n1nc(C(=O)NCCN3CCC(C(=O)OCC4CN(C)CCO4)CC3)c3cnc(-c4cnn5cccnc45)cc31)OCCN2. The highest BCUT2D eigenvalue weighted by molar-refractivity contribution is 6.05. The van der Waals surface area contributed by atoms with E-state index in [2.05, 4.69) is 30.5 Å². The minimum absolute atomic E-state index is 0.0753. The lowest BCUT2D eigenvalue weighted by Gasteiger charge is -2.32. The zero-order valence-corrected chi connectivity index (χ0v) is 29.3. The van der Waals surface area contributed by atoms with E-state index in [9.17, 15) is 9.59 Å². The summed E-state index contributed by atoms with van der Waals surface area (Å²) in [6.07, 6.45) is 8.28. The van der Waals surface area contributed by atoms with E-state index in [0.29, 0.717) is 91.7 Å². The minimum atomic E-state index is -0.320. The minimum Gasteiger partial charge on any atom is -0.494 e. The third-order valence-corrected chi connectivity index (χ3v) is 9.91. The lowest BCUT2D eigenvalue weighted by molar-refractivity contribution is -0.156. The van der Waals surface area contributed by atoms with Crippen molar-refractivity contribution < 1.29 is 28.5 Å². The first-order valence-electron chi connectivity index (χ1n) is 17.7. The molecule has 0 aliphatic carbocycles. The van der Waals surface area contributed by atoms with E-state index in [-0.39, 0.29) is 29.6 Å². The Labute approximate surface area is 300 Å². The number of anilines is 1.